The van der Waals surface area contributed by atoms with Crippen molar-refractivity contribution in [3.8, 4) is 0 Å². The van der Waals surface area contributed by atoms with E-state index in [9.17, 15) is 9.18 Å². The van der Waals surface area contributed by atoms with Gasteiger partial charge in [-0.1, -0.05) is 0 Å². The van der Waals surface area contributed by atoms with E-state index < -0.39 is 0 Å². The molecule has 0 spiro atoms. The van der Waals surface area contributed by atoms with Gasteiger partial charge in [0.25, 0.3) is 0 Å². The second-order valence-electron chi connectivity index (χ2n) is 1.67. The molecule has 0 N–H and O–H groups in total. The van der Waals surface area contributed by atoms with Crippen LogP contribution in [-0.4, -0.2) is 19.9 Å². The molecule has 1 aromatic rings. The van der Waals surface area contributed by atoms with E-state index in [0.29, 0.717) is 11.7 Å². The summed E-state index contributed by atoms with van der Waals surface area (Å²) in [5.41, 5.74) is 0.178. The predicted molar refractivity (Wildman–Crippen MR) is 34.5 cm³/mol. The third-order valence-electron chi connectivity index (χ3n) is 1.01. The van der Waals surface area contributed by atoms with E-state index in [1.165, 1.54) is 25.7 Å². The summed E-state index contributed by atoms with van der Waals surface area (Å²) in [6, 6.07) is 2.69. The Morgan fingerprint density at radius 2 is 2.22 bits per heavy atom. The van der Waals surface area contributed by atoms with Gasteiger partial charge < -0.3 is 0 Å². The van der Waals surface area contributed by atoms with E-state index in [1.54, 1.807) is 0 Å². The summed E-state index contributed by atoms with van der Waals surface area (Å²) in [6.07, 6.45) is 0.680. The van der Waals surface area contributed by atoms with Crippen molar-refractivity contribution >= 4 is 19.9 Å². The van der Waals surface area contributed by atoms with Crippen LogP contribution in [0.2, 0.25) is 0 Å². The first-order valence-corrected chi connectivity index (χ1v) is 2.53. The third kappa shape index (κ3) is 1.56. The summed E-state index contributed by atoms with van der Waals surface area (Å²) in [5, 5.41) is 0. The van der Waals surface area contributed by atoms with E-state index >= 15 is 0 Å². The zero-order valence-corrected chi connectivity index (χ0v) is 4.67. The average molecular weight is 120 g/mol. The summed E-state index contributed by atoms with van der Waals surface area (Å²) in [5.74, 6) is 0. The van der Waals surface area contributed by atoms with Crippen LogP contribution in [0.25, 0.3) is 0 Å². The Morgan fingerprint density at radius 1 is 1.44 bits per heavy atom. The molecule has 1 rings (SSSR count). The van der Waals surface area contributed by atoms with Gasteiger partial charge in [-0.2, -0.15) is 0 Å². The quantitative estimate of drug-likeness (QED) is 0.487. The molecule has 1 aromatic heterocycles. The Balaban J connectivity index is 3.01. The number of carbonyl (C=O) groups is 1. The first kappa shape index (κ1) is 6.33. The molecule has 0 radical (unpaired) electrons. The van der Waals surface area contributed by atoms with Crippen LogP contribution in [0.3, 0.4) is 0 Å². The Morgan fingerprint density at radius 3 is 2.67 bits per heavy atom. The standard InChI is InChI=1S/C5H3B2FO/c8-5-2-1-4(3-9)6-7-5/h1-3H. The predicted octanol–water partition coefficient (Wildman–Crippen LogP) is 0.314. The monoisotopic (exact) mass is 120 g/mol. The topological polar surface area (TPSA) is 17.1 Å². The number of halogens is 1. The minimum absolute atomic E-state index is 0.319. The fourth-order valence-corrected chi connectivity index (χ4v) is 0.541. The van der Waals surface area contributed by atoms with Crippen LogP contribution in [-0.2, 0) is 0 Å². The van der Waals surface area contributed by atoms with Crippen LogP contribution in [0.15, 0.2) is 12.1 Å². The molecule has 0 aliphatic carbocycles. The van der Waals surface area contributed by atoms with Crippen molar-refractivity contribution in [3.05, 3.63) is 23.3 Å². The van der Waals surface area contributed by atoms with Crippen molar-refractivity contribution in [1.29, 1.82) is 0 Å². The van der Waals surface area contributed by atoms with Gasteiger partial charge >= 0.3 is 52.4 Å². The van der Waals surface area contributed by atoms with Gasteiger partial charge in [0, 0.05) is 0 Å². The number of rotatable bonds is 1. The first-order valence-electron chi connectivity index (χ1n) is 2.53. The van der Waals surface area contributed by atoms with Gasteiger partial charge in [0.15, 0.2) is 0 Å². The van der Waals surface area contributed by atoms with Crippen molar-refractivity contribution in [2.24, 2.45) is 0 Å². The summed E-state index contributed by atoms with van der Waals surface area (Å²) < 4.78 is 12.1. The van der Waals surface area contributed by atoms with Crippen molar-refractivity contribution in [2.75, 3.05) is 0 Å². The van der Waals surface area contributed by atoms with E-state index in [0.717, 1.165) is 0 Å². The zero-order chi connectivity index (χ0) is 6.69. The molecule has 1 heterocycles. The van der Waals surface area contributed by atoms with Gasteiger partial charge in [0.05, 0.1) is 0 Å². The molecule has 0 bridgehead atoms. The molecular formula is C5H3B2FO. The Bertz CT molecular complexity index is 209. The molecule has 0 aliphatic rings. The summed E-state index contributed by atoms with van der Waals surface area (Å²) >= 11 is 0. The Hall–Kier alpha value is -0.790. The molecule has 9 heavy (non-hydrogen) atoms. The molecule has 0 amide bonds. The fourth-order valence-electron chi connectivity index (χ4n) is 0.541. The van der Waals surface area contributed by atoms with Crippen LogP contribution in [0.4, 0.5) is 4.39 Å². The van der Waals surface area contributed by atoms with Gasteiger partial charge in [-0.25, -0.2) is 0 Å². The molecule has 0 saturated heterocycles. The molecule has 0 saturated carbocycles. The molecule has 0 aromatic carbocycles. The van der Waals surface area contributed by atoms with Crippen LogP contribution < -0.4 is 0 Å². The van der Waals surface area contributed by atoms with E-state index in [-0.39, 0.29) is 5.71 Å². The molecule has 4 heteroatoms. The Labute approximate surface area is 53.3 Å². The van der Waals surface area contributed by atoms with Crippen molar-refractivity contribution < 1.29 is 9.18 Å². The summed E-state index contributed by atoms with van der Waals surface area (Å²) in [7, 11) is 0. The van der Waals surface area contributed by atoms with Crippen LogP contribution in [0, 0.1) is 5.71 Å². The van der Waals surface area contributed by atoms with Crippen LogP contribution in [0.1, 0.15) is 10.3 Å². The van der Waals surface area contributed by atoms with Gasteiger partial charge in [0.1, 0.15) is 0 Å². The summed E-state index contributed by atoms with van der Waals surface area (Å²) in [6.45, 7) is 2.69. The van der Waals surface area contributed by atoms with Gasteiger partial charge in [-0.3, -0.25) is 0 Å². The van der Waals surface area contributed by atoms with Crippen molar-refractivity contribution in [2.45, 2.75) is 0 Å². The van der Waals surface area contributed by atoms with E-state index in [4.69, 9.17) is 0 Å². The molecule has 1 nitrogen and oxygen atoms in total. The SMILES string of the molecule is O=Cc1bbc(F)cc1. The molecule has 0 fully saturated rings. The van der Waals surface area contributed by atoms with Crippen molar-refractivity contribution in [3.63, 3.8) is 0 Å². The van der Waals surface area contributed by atoms with Gasteiger partial charge in [0.2, 0.25) is 0 Å². The zero-order valence-electron chi connectivity index (χ0n) is 4.67. The molecule has 42 valence electrons. The molecule has 0 aliphatic heterocycles. The third-order valence-corrected chi connectivity index (χ3v) is 1.01. The maximum atomic E-state index is 12.1. The van der Waals surface area contributed by atoms with Crippen molar-refractivity contribution in [1.82, 2.24) is 0 Å². The normalized spacial score (nSPS) is 8.11. The molecular weight excluding hydrogens is 117 g/mol. The minimum atomic E-state index is -0.319. The second kappa shape index (κ2) is 2.67. The van der Waals surface area contributed by atoms with E-state index in [2.05, 4.69) is 0 Å². The average Bonchev–Trinajstić information content (AvgIpc) is 1.90. The van der Waals surface area contributed by atoms with Crippen LogP contribution in [0.5, 0.6) is 0 Å². The summed E-state index contributed by atoms with van der Waals surface area (Å²) in [4.78, 5) is 10.00. The number of hydrogen-bond acceptors (Lipinski definition) is 1. The fraction of sp³-hybridized carbons (Fsp3) is 0. The second-order valence-corrected chi connectivity index (χ2v) is 1.67. The number of aldehydes is 1. The number of carbonyl (C=O) groups excluding carboxylic acids is 1. The van der Waals surface area contributed by atoms with E-state index in [1.807, 2.05) is 0 Å². The van der Waals surface area contributed by atoms with Gasteiger partial charge in [-0.15, -0.1) is 0 Å². The molecule has 0 atom stereocenters. The maximum absolute atomic E-state index is 12.1. The molecule has 0 unspecified atom stereocenters. The Kier molecular flexibility index (Phi) is 1.88. The van der Waals surface area contributed by atoms with Gasteiger partial charge in [-0.05, 0) is 0 Å². The number of hydrogen-bond donors (Lipinski definition) is 0. The van der Waals surface area contributed by atoms with Crippen LogP contribution >= 0.6 is 0 Å². The first-order chi connectivity index (χ1) is 4.33.